The maximum Gasteiger partial charge on any atom is 0.319 e. The number of nitrogens with one attached hydrogen (secondary N) is 1. The SMILES string of the molecule is COC(=O)CNCC(C)(C)c1ccc(OC)c(Br)c1. The number of hydrogen-bond donors (Lipinski definition) is 1. The second kappa shape index (κ2) is 6.91. The Hall–Kier alpha value is -1.07. The summed E-state index contributed by atoms with van der Waals surface area (Å²) in [5.74, 6) is 0.550. The highest BCUT2D eigenvalue weighted by atomic mass is 79.9. The van der Waals surface area contributed by atoms with E-state index in [1.54, 1.807) is 7.11 Å². The van der Waals surface area contributed by atoms with Crippen molar-refractivity contribution in [3.05, 3.63) is 28.2 Å². The van der Waals surface area contributed by atoms with Crippen molar-refractivity contribution in [3.8, 4) is 5.75 Å². The number of carbonyl (C=O) groups excluding carboxylic acids is 1. The molecule has 1 aromatic carbocycles. The van der Waals surface area contributed by atoms with E-state index in [0.29, 0.717) is 6.54 Å². The van der Waals surface area contributed by atoms with E-state index in [9.17, 15) is 4.79 Å². The highest BCUT2D eigenvalue weighted by Crippen LogP contribution is 2.31. The van der Waals surface area contributed by atoms with E-state index in [1.165, 1.54) is 7.11 Å². The van der Waals surface area contributed by atoms with Gasteiger partial charge >= 0.3 is 5.97 Å². The fourth-order valence-electron chi connectivity index (χ4n) is 1.74. The van der Waals surface area contributed by atoms with E-state index in [0.717, 1.165) is 15.8 Å². The number of ether oxygens (including phenoxy) is 2. The van der Waals surface area contributed by atoms with Crippen LogP contribution in [-0.2, 0) is 14.9 Å². The molecule has 0 aliphatic rings. The van der Waals surface area contributed by atoms with Crippen LogP contribution in [0.2, 0.25) is 0 Å². The average Bonchev–Trinajstić information content (AvgIpc) is 2.38. The fraction of sp³-hybridized carbons (Fsp3) is 0.500. The lowest BCUT2D eigenvalue weighted by atomic mass is 9.84. The molecule has 0 aliphatic heterocycles. The third-order valence-corrected chi connectivity index (χ3v) is 3.62. The number of carbonyl (C=O) groups is 1. The molecule has 0 amide bonds. The number of esters is 1. The molecular formula is C14H20BrNO3. The standard InChI is InChI=1S/C14H20BrNO3/c1-14(2,9-16-8-13(17)19-4)10-5-6-12(18-3)11(15)7-10/h5-7,16H,8-9H2,1-4H3. The molecule has 0 aromatic heterocycles. The molecule has 0 saturated heterocycles. The quantitative estimate of drug-likeness (QED) is 0.814. The topological polar surface area (TPSA) is 47.6 Å². The molecule has 106 valence electrons. The Kier molecular flexibility index (Phi) is 5.82. The first-order valence-corrected chi connectivity index (χ1v) is 6.81. The van der Waals surface area contributed by atoms with Crippen LogP contribution in [0.15, 0.2) is 22.7 Å². The monoisotopic (exact) mass is 329 g/mol. The summed E-state index contributed by atoms with van der Waals surface area (Å²) in [6, 6.07) is 6.00. The molecule has 0 radical (unpaired) electrons. The first kappa shape index (κ1) is 16.0. The second-order valence-electron chi connectivity index (χ2n) is 4.91. The molecule has 4 nitrogen and oxygen atoms in total. The molecule has 1 rings (SSSR count). The second-order valence-corrected chi connectivity index (χ2v) is 5.77. The van der Waals surface area contributed by atoms with Crippen LogP contribution in [0.1, 0.15) is 19.4 Å². The predicted octanol–water partition coefficient (Wildman–Crippen LogP) is 2.50. The molecule has 0 saturated carbocycles. The summed E-state index contributed by atoms with van der Waals surface area (Å²) in [5, 5.41) is 3.10. The zero-order valence-electron chi connectivity index (χ0n) is 11.7. The summed E-state index contributed by atoms with van der Waals surface area (Å²) in [6.45, 7) is 5.13. The molecule has 0 spiro atoms. The molecule has 0 atom stereocenters. The van der Waals surface area contributed by atoms with Gasteiger partial charge in [-0.3, -0.25) is 4.79 Å². The van der Waals surface area contributed by atoms with Crippen LogP contribution in [0.5, 0.6) is 5.75 Å². The highest BCUT2D eigenvalue weighted by Gasteiger charge is 2.21. The fourth-order valence-corrected chi connectivity index (χ4v) is 2.28. The van der Waals surface area contributed by atoms with Crippen LogP contribution in [0.25, 0.3) is 0 Å². The van der Waals surface area contributed by atoms with Crippen LogP contribution in [0.4, 0.5) is 0 Å². The molecular weight excluding hydrogens is 310 g/mol. The minimum atomic E-state index is -0.258. The maximum absolute atomic E-state index is 11.1. The van der Waals surface area contributed by atoms with Gasteiger partial charge in [-0.1, -0.05) is 19.9 Å². The van der Waals surface area contributed by atoms with Crippen molar-refractivity contribution in [3.63, 3.8) is 0 Å². The number of methoxy groups -OCH3 is 2. The summed E-state index contributed by atoms with van der Waals surface area (Å²) >= 11 is 3.48. The van der Waals surface area contributed by atoms with Gasteiger partial charge in [0, 0.05) is 12.0 Å². The van der Waals surface area contributed by atoms with Crippen molar-refractivity contribution in [1.82, 2.24) is 5.32 Å². The number of halogens is 1. The minimum absolute atomic E-state index is 0.0944. The van der Waals surface area contributed by atoms with Crippen LogP contribution in [0.3, 0.4) is 0 Å². The van der Waals surface area contributed by atoms with E-state index in [1.807, 2.05) is 18.2 Å². The summed E-state index contributed by atoms with van der Waals surface area (Å²) in [6.07, 6.45) is 0. The van der Waals surface area contributed by atoms with Crippen LogP contribution in [0, 0.1) is 0 Å². The lowest BCUT2D eigenvalue weighted by Crippen LogP contribution is -2.36. The van der Waals surface area contributed by atoms with Gasteiger partial charge in [0.1, 0.15) is 5.75 Å². The van der Waals surface area contributed by atoms with Gasteiger partial charge in [0.2, 0.25) is 0 Å². The van der Waals surface area contributed by atoms with Crippen LogP contribution in [-0.4, -0.2) is 33.3 Å². The Bertz CT molecular complexity index is 446. The van der Waals surface area contributed by atoms with Crippen molar-refractivity contribution in [2.24, 2.45) is 0 Å². The van der Waals surface area contributed by atoms with E-state index < -0.39 is 0 Å². The van der Waals surface area contributed by atoms with Crippen molar-refractivity contribution in [1.29, 1.82) is 0 Å². The molecule has 0 aliphatic carbocycles. The first-order valence-electron chi connectivity index (χ1n) is 6.02. The Morgan fingerprint density at radius 2 is 2.05 bits per heavy atom. The van der Waals surface area contributed by atoms with Crippen molar-refractivity contribution < 1.29 is 14.3 Å². The number of rotatable bonds is 6. The molecule has 0 bridgehead atoms. The maximum atomic E-state index is 11.1. The van der Waals surface area contributed by atoms with Gasteiger partial charge in [0.25, 0.3) is 0 Å². The highest BCUT2D eigenvalue weighted by molar-refractivity contribution is 9.10. The van der Waals surface area contributed by atoms with Crippen LogP contribution >= 0.6 is 15.9 Å². The minimum Gasteiger partial charge on any atom is -0.496 e. The zero-order chi connectivity index (χ0) is 14.5. The van der Waals surface area contributed by atoms with E-state index in [-0.39, 0.29) is 17.9 Å². The van der Waals surface area contributed by atoms with E-state index >= 15 is 0 Å². The van der Waals surface area contributed by atoms with Crippen molar-refractivity contribution >= 4 is 21.9 Å². The normalized spacial score (nSPS) is 11.2. The van der Waals surface area contributed by atoms with Gasteiger partial charge in [-0.15, -0.1) is 0 Å². The van der Waals surface area contributed by atoms with Gasteiger partial charge in [-0.05, 0) is 33.6 Å². The molecule has 0 heterocycles. The molecule has 0 unspecified atom stereocenters. The largest absolute Gasteiger partial charge is 0.496 e. The Balaban J connectivity index is 2.71. The molecule has 1 N–H and O–H groups in total. The zero-order valence-corrected chi connectivity index (χ0v) is 13.3. The average molecular weight is 330 g/mol. The Labute approximate surface area is 122 Å². The summed E-state index contributed by atoms with van der Waals surface area (Å²) < 4.78 is 10.7. The van der Waals surface area contributed by atoms with Gasteiger partial charge in [0.15, 0.2) is 0 Å². The first-order chi connectivity index (χ1) is 8.90. The third kappa shape index (κ3) is 4.51. The molecule has 19 heavy (non-hydrogen) atoms. The third-order valence-electron chi connectivity index (χ3n) is 3.00. The van der Waals surface area contributed by atoms with E-state index in [2.05, 4.69) is 39.8 Å². The molecule has 0 fully saturated rings. The predicted molar refractivity (Wildman–Crippen MR) is 78.6 cm³/mol. The lowest BCUT2D eigenvalue weighted by Gasteiger charge is -2.26. The van der Waals surface area contributed by atoms with Crippen LogP contribution < -0.4 is 10.1 Å². The van der Waals surface area contributed by atoms with Gasteiger partial charge in [-0.2, -0.15) is 0 Å². The number of hydrogen-bond acceptors (Lipinski definition) is 4. The molecule has 5 heteroatoms. The molecule has 1 aromatic rings. The summed E-state index contributed by atoms with van der Waals surface area (Å²) in [5.41, 5.74) is 1.07. The van der Waals surface area contributed by atoms with Crippen molar-refractivity contribution in [2.75, 3.05) is 27.3 Å². The number of benzene rings is 1. The van der Waals surface area contributed by atoms with Crippen molar-refractivity contribution in [2.45, 2.75) is 19.3 Å². The van der Waals surface area contributed by atoms with Gasteiger partial charge in [-0.25, -0.2) is 0 Å². The Morgan fingerprint density at radius 1 is 1.37 bits per heavy atom. The van der Waals surface area contributed by atoms with E-state index in [4.69, 9.17) is 4.74 Å². The Morgan fingerprint density at radius 3 is 2.58 bits per heavy atom. The summed E-state index contributed by atoms with van der Waals surface area (Å²) in [4.78, 5) is 11.1. The van der Waals surface area contributed by atoms with Gasteiger partial charge < -0.3 is 14.8 Å². The van der Waals surface area contributed by atoms with Gasteiger partial charge in [0.05, 0.1) is 25.2 Å². The smallest absolute Gasteiger partial charge is 0.319 e. The lowest BCUT2D eigenvalue weighted by molar-refractivity contribution is -0.139. The summed E-state index contributed by atoms with van der Waals surface area (Å²) in [7, 11) is 3.03.